The number of hydrogen-bond acceptors (Lipinski definition) is 3. The average Bonchev–Trinajstić information content (AvgIpc) is 2.37. The molecule has 21 heavy (non-hydrogen) atoms. The van der Waals surface area contributed by atoms with Gasteiger partial charge in [0.1, 0.15) is 5.60 Å². The fourth-order valence-electron chi connectivity index (χ4n) is 2.74. The lowest BCUT2D eigenvalue weighted by Gasteiger charge is -2.37. The Kier molecular flexibility index (Phi) is 4.40. The van der Waals surface area contributed by atoms with Crippen LogP contribution in [0.25, 0.3) is 0 Å². The predicted octanol–water partition coefficient (Wildman–Crippen LogP) is 3.15. The van der Waals surface area contributed by atoms with Gasteiger partial charge in [0.2, 0.25) is 5.56 Å². The highest BCUT2D eigenvalue weighted by molar-refractivity contribution is 5.69. The molecule has 1 fully saturated rings. The Morgan fingerprint density at radius 3 is 2.71 bits per heavy atom. The molecule has 0 unspecified atom stereocenters. The van der Waals surface area contributed by atoms with Crippen molar-refractivity contribution in [2.24, 2.45) is 0 Å². The average molecular weight is 292 g/mol. The molecule has 5 nitrogen and oxygen atoms in total. The van der Waals surface area contributed by atoms with Crippen LogP contribution in [0.3, 0.4) is 0 Å². The van der Waals surface area contributed by atoms with Crippen LogP contribution in [0.15, 0.2) is 17.1 Å². The highest BCUT2D eigenvalue weighted by Gasteiger charge is 2.32. The number of piperidine rings is 1. The SMILES string of the molecule is Cc1cc(=O)[nH]cc1[C@H]1CCCCN1C(=O)OC(C)(C)C. The monoisotopic (exact) mass is 292 g/mol. The summed E-state index contributed by atoms with van der Waals surface area (Å²) < 4.78 is 5.51. The number of amides is 1. The van der Waals surface area contributed by atoms with E-state index in [-0.39, 0.29) is 17.7 Å². The summed E-state index contributed by atoms with van der Waals surface area (Å²) in [5.41, 5.74) is 1.30. The topological polar surface area (TPSA) is 62.4 Å². The fraction of sp³-hybridized carbons (Fsp3) is 0.625. The molecule has 1 aliphatic heterocycles. The largest absolute Gasteiger partial charge is 0.444 e. The zero-order chi connectivity index (χ0) is 15.6. The van der Waals surface area contributed by atoms with Gasteiger partial charge in [0.25, 0.3) is 0 Å². The molecule has 1 aliphatic rings. The second-order valence-corrected chi connectivity index (χ2v) is 6.62. The number of carbonyl (C=O) groups is 1. The van der Waals surface area contributed by atoms with Crippen LogP contribution in [0.5, 0.6) is 0 Å². The highest BCUT2D eigenvalue weighted by Crippen LogP contribution is 2.33. The standard InChI is InChI=1S/C16H24N2O3/c1-11-9-14(19)17-10-12(11)13-7-5-6-8-18(13)15(20)21-16(2,3)4/h9-10,13H,5-8H2,1-4H3,(H,17,19)/t13-/m1/s1. The van der Waals surface area contributed by atoms with Crippen molar-refractivity contribution in [3.8, 4) is 0 Å². The van der Waals surface area contributed by atoms with Crippen molar-refractivity contribution in [2.45, 2.75) is 58.6 Å². The molecule has 0 bridgehead atoms. The van der Waals surface area contributed by atoms with Crippen molar-refractivity contribution in [1.82, 2.24) is 9.88 Å². The van der Waals surface area contributed by atoms with Crippen LogP contribution in [-0.4, -0.2) is 28.1 Å². The van der Waals surface area contributed by atoms with Gasteiger partial charge in [0, 0.05) is 18.8 Å². The van der Waals surface area contributed by atoms with E-state index in [1.54, 1.807) is 17.2 Å². The third-order valence-electron chi connectivity index (χ3n) is 3.66. The molecular formula is C16H24N2O3. The van der Waals surface area contributed by atoms with Gasteiger partial charge in [-0.15, -0.1) is 0 Å². The fourth-order valence-corrected chi connectivity index (χ4v) is 2.74. The van der Waals surface area contributed by atoms with Gasteiger partial charge in [0.15, 0.2) is 0 Å². The van der Waals surface area contributed by atoms with Gasteiger partial charge >= 0.3 is 6.09 Å². The lowest BCUT2D eigenvalue weighted by molar-refractivity contribution is 0.00942. The molecular weight excluding hydrogens is 268 g/mol. The van der Waals surface area contributed by atoms with Crippen LogP contribution in [0.2, 0.25) is 0 Å². The highest BCUT2D eigenvalue weighted by atomic mass is 16.6. The van der Waals surface area contributed by atoms with Crippen LogP contribution in [0, 0.1) is 6.92 Å². The number of pyridine rings is 1. The molecule has 0 saturated carbocycles. The van der Waals surface area contributed by atoms with E-state index < -0.39 is 5.60 Å². The van der Waals surface area contributed by atoms with Crippen LogP contribution >= 0.6 is 0 Å². The van der Waals surface area contributed by atoms with Gasteiger partial charge in [0.05, 0.1) is 6.04 Å². The molecule has 1 atom stereocenters. The molecule has 1 aromatic heterocycles. The Balaban J connectivity index is 2.26. The number of aromatic nitrogens is 1. The zero-order valence-corrected chi connectivity index (χ0v) is 13.2. The predicted molar refractivity (Wildman–Crippen MR) is 81.3 cm³/mol. The minimum absolute atomic E-state index is 0.0227. The van der Waals surface area contributed by atoms with Gasteiger partial charge < -0.3 is 14.6 Å². The van der Waals surface area contributed by atoms with E-state index in [1.165, 1.54) is 0 Å². The minimum Gasteiger partial charge on any atom is -0.444 e. The third kappa shape index (κ3) is 3.86. The smallest absolute Gasteiger partial charge is 0.410 e. The van der Waals surface area contributed by atoms with E-state index in [4.69, 9.17) is 4.74 Å². The number of hydrogen-bond donors (Lipinski definition) is 1. The van der Waals surface area contributed by atoms with Crippen LogP contribution < -0.4 is 5.56 Å². The van der Waals surface area contributed by atoms with E-state index in [0.717, 1.165) is 30.4 Å². The maximum absolute atomic E-state index is 12.4. The molecule has 2 heterocycles. The molecule has 2 rings (SSSR count). The molecule has 1 N–H and O–H groups in total. The first-order valence-corrected chi connectivity index (χ1v) is 7.47. The van der Waals surface area contributed by atoms with Gasteiger partial charge in [-0.2, -0.15) is 0 Å². The van der Waals surface area contributed by atoms with Crippen molar-refractivity contribution in [2.75, 3.05) is 6.54 Å². The van der Waals surface area contributed by atoms with E-state index in [9.17, 15) is 9.59 Å². The summed E-state index contributed by atoms with van der Waals surface area (Å²) in [5, 5.41) is 0. The van der Waals surface area contributed by atoms with Crippen molar-refractivity contribution in [3.63, 3.8) is 0 Å². The summed E-state index contributed by atoms with van der Waals surface area (Å²) in [4.78, 5) is 28.3. The number of rotatable bonds is 1. The van der Waals surface area contributed by atoms with Crippen molar-refractivity contribution >= 4 is 6.09 Å². The number of ether oxygens (including phenoxy) is 1. The summed E-state index contributed by atoms with van der Waals surface area (Å²) in [5.74, 6) is 0. The maximum Gasteiger partial charge on any atom is 0.410 e. The Morgan fingerprint density at radius 1 is 1.38 bits per heavy atom. The van der Waals surface area contributed by atoms with E-state index in [0.29, 0.717) is 6.54 Å². The molecule has 0 radical (unpaired) electrons. The molecule has 1 aromatic rings. The molecule has 1 saturated heterocycles. The first kappa shape index (κ1) is 15.6. The first-order valence-electron chi connectivity index (χ1n) is 7.47. The lowest BCUT2D eigenvalue weighted by atomic mass is 9.94. The third-order valence-corrected chi connectivity index (χ3v) is 3.66. The molecule has 1 amide bonds. The second-order valence-electron chi connectivity index (χ2n) is 6.62. The van der Waals surface area contributed by atoms with E-state index in [2.05, 4.69) is 4.98 Å². The quantitative estimate of drug-likeness (QED) is 0.865. The van der Waals surface area contributed by atoms with Gasteiger partial charge in [-0.3, -0.25) is 4.79 Å². The summed E-state index contributed by atoms with van der Waals surface area (Å²) >= 11 is 0. The van der Waals surface area contributed by atoms with Crippen LogP contribution in [0.4, 0.5) is 4.79 Å². The first-order chi connectivity index (χ1) is 9.78. The Hall–Kier alpha value is -1.78. The zero-order valence-electron chi connectivity index (χ0n) is 13.2. The number of likely N-dealkylation sites (tertiary alicyclic amines) is 1. The summed E-state index contributed by atoms with van der Waals surface area (Å²) in [7, 11) is 0. The normalized spacial score (nSPS) is 19.4. The van der Waals surface area contributed by atoms with E-state index >= 15 is 0 Å². The van der Waals surface area contributed by atoms with Gasteiger partial charge in [-0.05, 0) is 58.1 Å². The van der Waals surface area contributed by atoms with Gasteiger partial charge in [-0.1, -0.05) is 0 Å². The van der Waals surface area contributed by atoms with Crippen LogP contribution in [0.1, 0.15) is 57.2 Å². The Morgan fingerprint density at radius 2 is 2.10 bits per heavy atom. The molecule has 0 aromatic carbocycles. The Labute approximate surface area is 125 Å². The summed E-state index contributed by atoms with van der Waals surface area (Å²) in [6, 6.07) is 1.56. The molecule has 116 valence electrons. The van der Waals surface area contributed by atoms with E-state index in [1.807, 2.05) is 27.7 Å². The van der Waals surface area contributed by atoms with Gasteiger partial charge in [-0.25, -0.2) is 4.79 Å². The Bertz CT molecular complexity index is 572. The molecule has 5 heteroatoms. The maximum atomic E-state index is 12.4. The number of aromatic amines is 1. The molecule has 0 spiro atoms. The van der Waals surface area contributed by atoms with Crippen molar-refractivity contribution < 1.29 is 9.53 Å². The molecule has 0 aliphatic carbocycles. The minimum atomic E-state index is -0.501. The number of carbonyl (C=O) groups excluding carboxylic acids is 1. The summed E-state index contributed by atoms with van der Waals surface area (Å²) in [6.45, 7) is 8.21. The number of nitrogens with one attached hydrogen (secondary N) is 1. The number of nitrogens with zero attached hydrogens (tertiary/aromatic N) is 1. The van der Waals surface area contributed by atoms with Crippen molar-refractivity contribution in [3.05, 3.63) is 33.7 Å². The lowest BCUT2D eigenvalue weighted by Crippen LogP contribution is -2.42. The number of H-pyrrole nitrogens is 1. The summed E-state index contributed by atoms with van der Waals surface area (Å²) in [6.07, 6.45) is 4.40. The second kappa shape index (κ2) is 5.92. The van der Waals surface area contributed by atoms with Crippen molar-refractivity contribution in [1.29, 1.82) is 0 Å². The van der Waals surface area contributed by atoms with Crippen LogP contribution in [-0.2, 0) is 4.74 Å². The number of aryl methyl sites for hydroxylation is 1.